The molecule has 0 saturated heterocycles. The van der Waals surface area contributed by atoms with Crippen LogP contribution in [0.4, 0.5) is 0 Å². The van der Waals surface area contributed by atoms with E-state index in [4.69, 9.17) is 0 Å². The van der Waals surface area contributed by atoms with Gasteiger partial charge in [-0.05, 0) is 13.8 Å². The quantitative estimate of drug-likeness (QED) is 0.270. The molecule has 0 unspecified atom stereocenters. The van der Waals surface area contributed by atoms with Gasteiger partial charge in [0.05, 0.1) is 12.8 Å². The first-order valence-electron chi connectivity index (χ1n) is 4.55. The molecular formula is C10H10O8Sr. The zero-order chi connectivity index (χ0) is 14.9. The smallest absolute Gasteiger partial charge is 0.542 e. The molecule has 0 atom stereocenters. The molecule has 0 aliphatic carbocycles. The van der Waals surface area contributed by atoms with Crippen molar-refractivity contribution in [1.82, 2.24) is 0 Å². The number of rotatable bonds is 6. The Balaban J connectivity index is -0.000000256. The van der Waals surface area contributed by atoms with Gasteiger partial charge in [0.2, 0.25) is 0 Å². The Kier molecular flexibility index (Phi) is 14.8. The summed E-state index contributed by atoms with van der Waals surface area (Å²) in [5, 5.41) is 19.2. The second-order valence-electron chi connectivity index (χ2n) is 3.18. The van der Waals surface area contributed by atoms with Crippen molar-refractivity contribution >= 4 is 80.6 Å². The third kappa shape index (κ3) is 17.1. The van der Waals surface area contributed by atoms with Crippen LogP contribution in [0.25, 0.3) is 0 Å². The van der Waals surface area contributed by atoms with Gasteiger partial charge in [-0.15, -0.1) is 0 Å². The summed E-state index contributed by atoms with van der Waals surface area (Å²) in [7, 11) is 0. The molecule has 0 rings (SSSR count). The van der Waals surface area contributed by atoms with E-state index in [1.165, 1.54) is 0 Å². The molecule has 0 aromatic carbocycles. The molecule has 0 N–H and O–H groups in total. The van der Waals surface area contributed by atoms with Gasteiger partial charge >= 0.3 is 45.5 Å². The van der Waals surface area contributed by atoms with Crippen LogP contribution in [0.3, 0.4) is 0 Å². The number of ketones is 4. The largest absolute Gasteiger partial charge is 2.00 e. The van der Waals surface area contributed by atoms with E-state index in [9.17, 15) is 39.0 Å². The minimum Gasteiger partial charge on any atom is -0.542 e. The molecule has 100 valence electrons. The zero-order valence-corrected chi connectivity index (χ0v) is 13.9. The monoisotopic (exact) mass is 346 g/mol. The first-order valence-corrected chi connectivity index (χ1v) is 4.55. The van der Waals surface area contributed by atoms with Crippen molar-refractivity contribution in [1.29, 1.82) is 0 Å². The molecule has 0 heterocycles. The summed E-state index contributed by atoms with van der Waals surface area (Å²) in [5.41, 5.74) is 0. The van der Waals surface area contributed by atoms with Crippen molar-refractivity contribution in [2.24, 2.45) is 0 Å². The second-order valence-corrected chi connectivity index (χ2v) is 3.18. The van der Waals surface area contributed by atoms with E-state index in [1.54, 1.807) is 0 Å². The van der Waals surface area contributed by atoms with E-state index in [0.717, 1.165) is 13.8 Å². The topological polar surface area (TPSA) is 149 Å². The first kappa shape index (κ1) is 23.2. The number of carbonyl (C=O) groups excluding carboxylic acids is 6. The minimum atomic E-state index is -1.80. The van der Waals surface area contributed by atoms with Crippen molar-refractivity contribution in [3.05, 3.63) is 0 Å². The maximum absolute atomic E-state index is 10.1. The summed E-state index contributed by atoms with van der Waals surface area (Å²) < 4.78 is 0. The van der Waals surface area contributed by atoms with Crippen LogP contribution in [0.1, 0.15) is 26.7 Å². The standard InChI is InChI=1S/2C5H6O4.Sr/c2*1-3(6)2-4(7)5(8)9;/h2*2H2,1H3,(H,8,9);/q;;+2/p-2. The van der Waals surface area contributed by atoms with Crippen LogP contribution in [0, 0.1) is 0 Å². The number of carbonyl (C=O) groups is 6. The average molecular weight is 346 g/mol. The van der Waals surface area contributed by atoms with Crippen molar-refractivity contribution < 1.29 is 39.0 Å². The molecule has 0 bridgehead atoms. The Morgan fingerprint density at radius 1 is 0.684 bits per heavy atom. The molecular weight excluding hydrogens is 336 g/mol. The number of carboxylic acid groups (broad SMARTS) is 2. The SMILES string of the molecule is CC(=O)CC(=O)C(=O)[O-].CC(=O)CC(=O)C(=O)[O-].[Sr+2]. The molecule has 0 amide bonds. The van der Waals surface area contributed by atoms with Gasteiger partial charge < -0.3 is 19.8 Å². The Labute approximate surface area is 145 Å². The van der Waals surface area contributed by atoms with Gasteiger partial charge in [-0.3, -0.25) is 19.2 Å². The van der Waals surface area contributed by atoms with Gasteiger partial charge in [0.1, 0.15) is 23.5 Å². The fourth-order valence-corrected chi connectivity index (χ4v) is 0.597. The molecule has 9 heteroatoms. The van der Waals surface area contributed by atoms with Crippen LogP contribution in [-0.4, -0.2) is 80.6 Å². The Hall–Kier alpha value is -0.899. The van der Waals surface area contributed by atoms with Crippen LogP contribution in [0.2, 0.25) is 0 Å². The van der Waals surface area contributed by atoms with Crippen LogP contribution in [0.15, 0.2) is 0 Å². The van der Waals surface area contributed by atoms with Crippen LogP contribution < -0.4 is 10.2 Å². The number of Topliss-reactive ketones (excluding diaryl/α,β-unsaturated/α-hetero) is 4. The predicted octanol–water partition coefficient (Wildman–Crippen LogP) is -3.81. The van der Waals surface area contributed by atoms with Gasteiger partial charge in [0.15, 0.2) is 11.6 Å². The normalized spacial score (nSPS) is 8.11. The Bertz CT molecular complexity index is 360. The summed E-state index contributed by atoms with van der Waals surface area (Å²) in [6, 6.07) is 0. The molecule has 0 aromatic heterocycles. The fraction of sp³-hybridized carbons (Fsp3) is 0.400. The molecule has 0 aliphatic rings. The van der Waals surface area contributed by atoms with Gasteiger partial charge in [-0.25, -0.2) is 0 Å². The van der Waals surface area contributed by atoms with Crippen molar-refractivity contribution in [2.75, 3.05) is 0 Å². The predicted molar refractivity (Wildman–Crippen MR) is 56.4 cm³/mol. The number of hydrogen-bond donors (Lipinski definition) is 0. The van der Waals surface area contributed by atoms with Crippen molar-refractivity contribution in [2.45, 2.75) is 26.7 Å². The average Bonchev–Trinajstić information content (AvgIpc) is 2.16. The third-order valence-electron chi connectivity index (χ3n) is 1.27. The summed E-state index contributed by atoms with van der Waals surface area (Å²) >= 11 is 0. The van der Waals surface area contributed by atoms with E-state index in [0.29, 0.717) is 0 Å². The molecule has 8 nitrogen and oxygen atoms in total. The summed E-state index contributed by atoms with van der Waals surface area (Å²) in [4.78, 5) is 59.5. The maximum atomic E-state index is 10.1. The van der Waals surface area contributed by atoms with Crippen molar-refractivity contribution in [3.8, 4) is 0 Å². The Morgan fingerprint density at radius 2 is 0.895 bits per heavy atom. The number of hydrogen-bond acceptors (Lipinski definition) is 8. The Morgan fingerprint density at radius 3 is 0.947 bits per heavy atom. The summed E-state index contributed by atoms with van der Waals surface area (Å²) in [5.74, 6) is -6.87. The summed E-state index contributed by atoms with van der Waals surface area (Å²) in [6.07, 6.45) is -1.13. The first-order chi connectivity index (χ1) is 8.07. The molecule has 19 heavy (non-hydrogen) atoms. The molecule has 0 saturated carbocycles. The van der Waals surface area contributed by atoms with E-state index >= 15 is 0 Å². The summed E-state index contributed by atoms with van der Waals surface area (Å²) in [6.45, 7) is 2.28. The van der Waals surface area contributed by atoms with E-state index < -0.39 is 47.9 Å². The van der Waals surface area contributed by atoms with E-state index in [2.05, 4.69) is 0 Å². The van der Waals surface area contributed by atoms with Gasteiger partial charge in [0.25, 0.3) is 0 Å². The molecule has 0 fully saturated rings. The molecule has 0 spiro atoms. The van der Waals surface area contributed by atoms with Crippen molar-refractivity contribution in [3.63, 3.8) is 0 Å². The van der Waals surface area contributed by atoms with Gasteiger partial charge in [-0.1, -0.05) is 0 Å². The van der Waals surface area contributed by atoms with Crippen LogP contribution in [-0.2, 0) is 28.8 Å². The second kappa shape index (κ2) is 12.2. The van der Waals surface area contributed by atoms with Crippen LogP contribution >= 0.6 is 0 Å². The van der Waals surface area contributed by atoms with Crippen LogP contribution in [0.5, 0.6) is 0 Å². The minimum absolute atomic E-state index is 0. The van der Waals surface area contributed by atoms with Gasteiger partial charge in [-0.2, -0.15) is 0 Å². The zero-order valence-electron chi connectivity index (χ0n) is 10.4. The van der Waals surface area contributed by atoms with E-state index in [-0.39, 0.29) is 45.5 Å². The maximum Gasteiger partial charge on any atom is 2.00 e. The number of carboxylic acids is 2. The number of aliphatic carboxylic acids is 2. The van der Waals surface area contributed by atoms with E-state index in [1.807, 2.05) is 0 Å². The molecule has 0 aromatic rings. The molecule has 0 radical (unpaired) electrons. The fourth-order valence-electron chi connectivity index (χ4n) is 0.597. The third-order valence-corrected chi connectivity index (χ3v) is 1.27. The molecule has 0 aliphatic heterocycles. The van der Waals surface area contributed by atoms with Gasteiger partial charge in [0, 0.05) is 0 Å².